The number of nitrogens with zero attached hydrogens (tertiary/aromatic N) is 1. The summed E-state index contributed by atoms with van der Waals surface area (Å²) in [6, 6.07) is 3.64. The first kappa shape index (κ1) is 10.6. The number of ether oxygens (including phenoxy) is 1. The maximum atomic E-state index is 11.8. The lowest BCUT2D eigenvalue weighted by Crippen LogP contribution is -2.16. The Hall–Kier alpha value is -0.910. The first-order chi connectivity index (χ1) is 7.13. The molecule has 1 atom stereocenters. The quantitative estimate of drug-likeness (QED) is 0.748. The van der Waals surface area contributed by atoms with Gasteiger partial charge in [-0.25, -0.2) is 0 Å². The largest absolute Gasteiger partial charge is 0.496 e. The number of aliphatic imine (C=N–C) groups is 1. The van der Waals surface area contributed by atoms with Gasteiger partial charge in [0.05, 0.1) is 22.3 Å². The van der Waals surface area contributed by atoms with Crippen molar-refractivity contribution in [1.82, 2.24) is 0 Å². The first-order valence-electron chi connectivity index (χ1n) is 4.59. The molecule has 0 saturated heterocycles. The van der Waals surface area contributed by atoms with Crippen molar-refractivity contribution in [3.63, 3.8) is 0 Å². The monoisotopic (exact) mass is 315 g/mol. The lowest BCUT2D eigenvalue weighted by molar-refractivity contribution is 0.0962. The van der Waals surface area contributed by atoms with Crippen LogP contribution in [-0.2, 0) is 0 Å². The molecule has 0 radical (unpaired) electrons. The zero-order chi connectivity index (χ0) is 11.0. The Morgan fingerprint density at radius 1 is 1.47 bits per heavy atom. The molecule has 15 heavy (non-hydrogen) atoms. The van der Waals surface area contributed by atoms with Crippen LogP contribution in [0.5, 0.6) is 5.75 Å². The average molecular weight is 315 g/mol. The summed E-state index contributed by atoms with van der Waals surface area (Å²) in [7, 11) is 1.61. The average Bonchev–Trinajstić information content (AvgIpc) is 2.24. The van der Waals surface area contributed by atoms with Gasteiger partial charge in [-0.15, -0.1) is 0 Å². The maximum absolute atomic E-state index is 11.8. The second kappa shape index (κ2) is 3.92. The number of hydrogen-bond donors (Lipinski definition) is 0. The van der Waals surface area contributed by atoms with Crippen molar-refractivity contribution in [2.75, 3.05) is 7.11 Å². The molecule has 3 nitrogen and oxygen atoms in total. The van der Waals surface area contributed by atoms with Gasteiger partial charge in [-0.3, -0.25) is 9.79 Å². The molecule has 0 amide bonds. The van der Waals surface area contributed by atoms with Crippen molar-refractivity contribution >= 4 is 40.3 Å². The van der Waals surface area contributed by atoms with E-state index in [-0.39, 0.29) is 11.7 Å². The fourth-order valence-electron chi connectivity index (χ4n) is 1.51. The lowest BCUT2D eigenvalue weighted by Gasteiger charge is -2.15. The van der Waals surface area contributed by atoms with E-state index in [9.17, 15) is 4.79 Å². The number of ketones is 1. The Labute approximate surface area is 102 Å². The Bertz CT molecular complexity index is 454. The molecule has 0 spiro atoms. The number of carbonyl (C=O) groups excluding carboxylic acids is 1. The summed E-state index contributed by atoms with van der Waals surface area (Å²) in [6.07, 6.45) is 1.68. The van der Waals surface area contributed by atoms with Crippen LogP contribution in [0.25, 0.3) is 0 Å². The summed E-state index contributed by atoms with van der Waals surface area (Å²) < 4.78 is 6.12. The van der Waals surface area contributed by atoms with Crippen LogP contribution >= 0.6 is 22.6 Å². The summed E-state index contributed by atoms with van der Waals surface area (Å²) in [4.78, 5) is 16.1. The van der Waals surface area contributed by atoms with Gasteiger partial charge in [0.15, 0.2) is 5.78 Å². The molecule has 1 aromatic rings. The number of rotatable bonds is 1. The highest BCUT2D eigenvalue weighted by Crippen LogP contribution is 2.33. The van der Waals surface area contributed by atoms with Gasteiger partial charge in [0, 0.05) is 17.8 Å². The van der Waals surface area contributed by atoms with Crippen molar-refractivity contribution < 1.29 is 9.53 Å². The molecular weight excluding hydrogens is 305 g/mol. The van der Waals surface area contributed by atoms with Gasteiger partial charge in [-0.2, -0.15) is 0 Å². The van der Waals surface area contributed by atoms with Crippen LogP contribution in [0, 0.1) is 9.49 Å². The highest BCUT2D eigenvalue weighted by Gasteiger charge is 2.22. The van der Waals surface area contributed by atoms with E-state index in [0.717, 1.165) is 9.32 Å². The number of fused-ring (bicyclic) bond motifs is 1. The standard InChI is InChI=1S/C11H10INO2/c1-6-5-13-9-4-10(15-2)8(12)3-7(9)11(6)14/h3-6H,1-2H3. The van der Waals surface area contributed by atoms with Gasteiger partial charge < -0.3 is 4.74 Å². The van der Waals surface area contributed by atoms with Crippen LogP contribution in [0.2, 0.25) is 0 Å². The van der Waals surface area contributed by atoms with Crippen LogP contribution in [0.1, 0.15) is 17.3 Å². The second-order valence-corrected chi connectivity index (χ2v) is 4.60. The molecule has 2 rings (SSSR count). The number of halogens is 1. The number of benzene rings is 1. The van der Waals surface area contributed by atoms with Crippen LogP contribution < -0.4 is 4.74 Å². The molecule has 1 unspecified atom stereocenters. The van der Waals surface area contributed by atoms with Crippen molar-refractivity contribution in [3.8, 4) is 5.75 Å². The SMILES string of the molecule is COc1cc2c(cc1I)C(=O)C(C)C=N2. The summed E-state index contributed by atoms with van der Waals surface area (Å²) in [5, 5.41) is 0. The number of methoxy groups -OCH3 is 1. The van der Waals surface area contributed by atoms with E-state index in [4.69, 9.17) is 4.74 Å². The van der Waals surface area contributed by atoms with E-state index >= 15 is 0 Å². The molecule has 0 aliphatic carbocycles. The summed E-state index contributed by atoms with van der Waals surface area (Å²) >= 11 is 2.15. The fraction of sp³-hybridized carbons (Fsp3) is 0.273. The number of hydrogen-bond acceptors (Lipinski definition) is 3. The van der Waals surface area contributed by atoms with E-state index in [1.807, 2.05) is 13.0 Å². The summed E-state index contributed by atoms with van der Waals surface area (Å²) in [5.74, 6) is 0.760. The zero-order valence-electron chi connectivity index (χ0n) is 8.45. The van der Waals surface area contributed by atoms with Gasteiger partial charge in [-0.1, -0.05) is 6.92 Å². The van der Waals surface area contributed by atoms with Crippen molar-refractivity contribution in [2.24, 2.45) is 10.9 Å². The van der Waals surface area contributed by atoms with Crippen LogP contribution in [0.3, 0.4) is 0 Å². The smallest absolute Gasteiger partial charge is 0.173 e. The fourth-order valence-corrected chi connectivity index (χ4v) is 2.20. The Morgan fingerprint density at radius 3 is 2.87 bits per heavy atom. The van der Waals surface area contributed by atoms with E-state index in [1.54, 1.807) is 19.4 Å². The Kier molecular flexibility index (Phi) is 2.77. The highest BCUT2D eigenvalue weighted by molar-refractivity contribution is 14.1. The Balaban J connectivity index is 2.59. The van der Waals surface area contributed by atoms with E-state index in [2.05, 4.69) is 27.6 Å². The van der Waals surface area contributed by atoms with Crippen LogP contribution in [0.15, 0.2) is 17.1 Å². The third kappa shape index (κ3) is 1.78. The minimum Gasteiger partial charge on any atom is -0.496 e. The molecule has 1 aliphatic rings. The third-order valence-corrected chi connectivity index (χ3v) is 3.23. The predicted octanol–water partition coefficient (Wildman–Crippen LogP) is 2.83. The van der Waals surface area contributed by atoms with E-state index in [0.29, 0.717) is 11.3 Å². The molecule has 0 fully saturated rings. The summed E-state index contributed by atoms with van der Waals surface area (Å²) in [5.41, 5.74) is 1.39. The second-order valence-electron chi connectivity index (χ2n) is 3.43. The minimum absolute atomic E-state index is 0.123. The van der Waals surface area contributed by atoms with Gasteiger partial charge in [0.2, 0.25) is 0 Å². The molecule has 4 heteroatoms. The normalized spacial score (nSPS) is 18.9. The Morgan fingerprint density at radius 2 is 2.20 bits per heavy atom. The summed E-state index contributed by atoms with van der Waals surface area (Å²) in [6.45, 7) is 1.85. The van der Waals surface area contributed by atoms with E-state index in [1.165, 1.54) is 0 Å². The van der Waals surface area contributed by atoms with Gasteiger partial charge in [-0.05, 0) is 28.7 Å². The van der Waals surface area contributed by atoms with Crippen molar-refractivity contribution in [2.45, 2.75) is 6.92 Å². The van der Waals surface area contributed by atoms with Crippen molar-refractivity contribution in [3.05, 3.63) is 21.3 Å². The molecule has 1 heterocycles. The van der Waals surface area contributed by atoms with Gasteiger partial charge >= 0.3 is 0 Å². The van der Waals surface area contributed by atoms with Gasteiger partial charge in [0.1, 0.15) is 5.75 Å². The lowest BCUT2D eigenvalue weighted by atomic mass is 9.96. The molecule has 0 N–H and O–H groups in total. The molecular formula is C11H10INO2. The first-order valence-corrected chi connectivity index (χ1v) is 5.67. The predicted molar refractivity (Wildman–Crippen MR) is 67.4 cm³/mol. The zero-order valence-corrected chi connectivity index (χ0v) is 10.6. The molecule has 1 aliphatic heterocycles. The molecule has 0 bridgehead atoms. The van der Waals surface area contributed by atoms with Crippen LogP contribution in [-0.4, -0.2) is 19.1 Å². The topological polar surface area (TPSA) is 38.7 Å². The van der Waals surface area contributed by atoms with Crippen molar-refractivity contribution in [1.29, 1.82) is 0 Å². The molecule has 0 aromatic heterocycles. The molecule has 1 aromatic carbocycles. The third-order valence-electron chi connectivity index (χ3n) is 2.39. The maximum Gasteiger partial charge on any atom is 0.173 e. The minimum atomic E-state index is -0.123. The van der Waals surface area contributed by atoms with Crippen LogP contribution in [0.4, 0.5) is 5.69 Å². The molecule has 0 saturated carbocycles. The highest BCUT2D eigenvalue weighted by atomic mass is 127. The van der Waals surface area contributed by atoms with Gasteiger partial charge in [0.25, 0.3) is 0 Å². The molecule has 78 valence electrons. The van der Waals surface area contributed by atoms with E-state index < -0.39 is 0 Å². The number of Topliss-reactive ketones (excluding diaryl/α,β-unsaturated/α-hetero) is 1. The number of carbonyl (C=O) groups is 1.